The molecular formula is C16H21ClN2O2. The van der Waals surface area contributed by atoms with Gasteiger partial charge in [0.25, 0.3) is 0 Å². The van der Waals surface area contributed by atoms with Crippen LogP contribution in [0, 0.1) is 0 Å². The fourth-order valence-electron chi connectivity index (χ4n) is 3.40. The molecule has 0 unspecified atom stereocenters. The predicted molar refractivity (Wildman–Crippen MR) is 84.6 cm³/mol. The zero-order valence-corrected chi connectivity index (χ0v) is 13.1. The molecule has 1 aromatic heterocycles. The van der Waals surface area contributed by atoms with Crippen molar-refractivity contribution in [2.45, 2.75) is 37.1 Å². The lowest BCUT2D eigenvalue weighted by Crippen LogP contribution is -2.48. The van der Waals surface area contributed by atoms with Gasteiger partial charge in [-0.25, -0.2) is 0 Å². The van der Waals surface area contributed by atoms with Crippen LogP contribution in [-0.4, -0.2) is 30.6 Å². The third-order valence-corrected chi connectivity index (χ3v) is 4.88. The van der Waals surface area contributed by atoms with Crippen LogP contribution < -0.4 is 5.73 Å². The Hall–Kier alpha value is -1.07. The van der Waals surface area contributed by atoms with Gasteiger partial charge in [-0.05, 0) is 30.7 Å². The van der Waals surface area contributed by atoms with Crippen LogP contribution in [0.4, 0.5) is 0 Å². The summed E-state index contributed by atoms with van der Waals surface area (Å²) >= 11 is 6.05. The van der Waals surface area contributed by atoms with Crippen molar-refractivity contribution in [3.8, 4) is 0 Å². The predicted octanol–water partition coefficient (Wildman–Crippen LogP) is 3.34. The molecule has 3 rings (SSSR count). The number of nitrogens with two attached hydrogens (primary N) is 1. The van der Waals surface area contributed by atoms with E-state index in [1.165, 1.54) is 5.52 Å². The highest BCUT2D eigenvalue weighted by Gasteiger charge is 2.40. The molecule has 1 aliphatic rings. The normalized spacial score (nSPS) is 25.3. The first-order valence-electron chi connectivity index (χ1n) is 7.20. The molecule has 0 spiro atoms. The first-order valence-corrected chi connectivity index (χ1v) is 7.58. The Morgan fingerprint density at radius 1 is 1.29 bits per heavy atom. The second-order valence-corrected chi connectivity index (χ2v) is 6.16. The van der Waals surface area contributed by atoms with E-state index >= 15 is 0 Å². The number of aromatic nitrogens is 1. The molecule has 1 aromatic carbocycles. The molecule has 5 heteroatoms. The third kappa shape index (κ3) is 2.57. The van der Waals surface area contributed by atoms with Crippen LogP contribution in [0.15, 0.2) is 30.5 Å². The van der Waals surface area contributed by atoms with Gasteiger partial charge in [0.15, 0.2) is 5.79 Å². The second kappa shape index (κ2) is 5.61. The van der Waals surface area contributed by atoms with Crippen molar-refractivity contribution < 1.29 is 9.47 Å². The highest BCUT2D eigenvalue weighted by atomic mass is 35.5. The van der Waals surface area contributed by atoms with E-state index in [2.05, 4.69) is 22.9 Å². The van der Waals surface area contributed by atoms with Crippen LogP contribution in [0.3, 0.4) is 0 Å². The zero-order valence-electron chi connectivity index (χ0n) is 12.4. The number of hydrogen-bond acceptors (Lipinski definition) is 3. The molecule has 1 heterocycles. The maximum atomic E-state index is 6.41. The van der Waals surface area contributed by atoms with E-state index in [9.17, 15) is 0 Å². The molecule has 0 radical (unpaired) electrons. The van der Waals surface area contributed by atoms with Gasteiger partial charge < -0.3 is 19.8 Å². The Morgan fingerprint density at radius 3 is 2.71 bits per heavy atom. The molecule has 2 aromatic rings. The van der Waals surface area contributed by atoms with E-state index in [4.69, 9.17) is 26.8 Å². The van der Waals surface area contributed by atoms with Gasteiger partial charge >= 0.3 is 0 Å². The Kier molecular flexibility index (Phi) is 3.97. The number of methoxy groups -OCH3 is 2. The average molecular weight is 309 g/mol. The van der Waals surface area contributed by atoms with Gasteiger partial charge in [-0.1, -0.05) is 11.6 Å². The monoisotopic (exact) mass is 308 g/mol. The summed E-state index contributed by atoms with van der Waals surface area (Å²) in [5.41, 5.74) is 7.58. The number of nitrogens with zero attached hydrogens (tertiary/aromatic N) is 1. The van der Waals surface area contributed by atoms with Crippen LogP contribution in [0.2, 0.25) is 5.02 Å². The third-order valence-electron chi connectivity index (χ3n) is 4.65. The lowest BCUT2D eigenvalue weighted by atomic mass is 9.85. The van der Waals surface area contributed by atoms with Crippen molar-refractivity contribution in [2.24, 2.45) is 5.73 Å². The van der Waals surface area contributed by atoms with Crippen LogP contribution >= 0.6 is 11.6 Å². The lowest BCUT2D eigenvalue weighted by Gasteiger charge is -2.42. The second-order valence-electron chi connectivity index (χ2n) is 5.72. The fraction of sp³-hybridized carbons (Fsp3) is 0.500. The first kappa shape index (κ1) is 14.9. The smallest absolute Gasteiger partial charge is 0.169 e. The van der Waals surface area contributed by atoms with Gasteiger partial charge in [0.1, 0.15) is 0 Å². The summed E-state index contributed by atoms with van der Waals surface area (Å²) < 4.78 is 13.3. The molecule has 0 amide bonds. The average Bonchev–Trinajstić information content (AvgIpc) is 2.89. The van der Waals surface area contributed by atoms with Crippen molar-refractivity contribution in [3.05, 3.63) is 35.5 Å². The van der Waals surface area contributed by atoms with E-state index in [1.54, 1.807) is 14.2 Å². The van der Waals surface area contributed by atoms with Crippen molar-refractivity contribution >= 4 is 22.5 Å². The SMILES string of the molecule is COC1(OC)CC[C@@H](n2ccc3cc(Cl)ccc32)[C@@H](N)C1. The Bertz CT molecular complexity index is 636. The number of halogens is 1. The molecule has 21 heavy (non-hydrogen) atoms. The lowest BCUT2D eigenvalue weighted by molar-refractivity contribution is -0.229. The number of ether oxygens (including phenoxy) is 2. The van der Waals surface area contributed by atoms with Gasteiger partial charge in [0.2, 0.25) is 0 Å². The van der Waals surface area contributed by atoms with Gasteiger partial charge in [-0.15, -0.1) is 0 Å². The van der Waals surface area contributed by atoms with E-state index in [0.717, 1.165) is 23.3 Å². The van der Waals surface area contributed by atoms with Crippen molar-refractivity contribution in [2.75, 3.05) is 14.2 Å². The summed E-state index contributed by atoms with van der Waals surface area (Å²) in [6.07, 6.45) is 4.55. The van der Waals surface area contributed by atoms with Gasteiger partial charge in [-0.2, -0.15) is 0 Å². The maximum absolute atomic E-state index is 6.41. The molecule has 0 bridgehead atoms. The quantitative estimate of drug-likeness (QED) is 0.885. The first-order chi connectivity index (χ1) is 10.1. The minimum Gasteiger partial charge on any atom is -0.353 e. The summed E-state index contributed by atoms with van der Waals surface area (Å²) in [5, 5.41) is 1.90. The fourth-order valence-corrected chi connectivity index (χ4v) is 3.58. The summed E-state index contributed by atoms with van der Waals surface area (Å²) in [7, 11) is 3.37. The molecule has 0 saturated heterocycles. The standard InChI is InChI=1S/C16H21ClN2O2/c1-20-16(21-2)7-5-15(13(18)10-16)19-8-6-11-9-12(17)3-4-14(11)19/h3-4,6,8-9,13,15H,5,7,10,18H2,1-2H3/t13-,15+/m0/s1. The van der Waals surface area contributed by atoms with Crippen molar-refractivity contribution in [1.82, 2.24) is 4.57 Å². The molecule has 4 nitrogen and oxygen atoms in total. The number of hydrogen-bond donors (Lipinski definition) is 1. The van der Waals surface area contributed by atoms with E-state index in [-0.39, 0.29) is 12.1 Å². The highest BCUT2D eigenvalue weighted by Crippen LogP contribution is 2.38. The van der Waals surface area contributed by atoms with Crippen molar-refractivity contribution in [1.29, 1.82) is 0 Å². The van der Waals surface area contributed by atoms with E-state index in [0.29, 0.717) is 6.42 Å². The van der Waals surface area contributed by atoms with Crippen LogP contribution in [0.5, 0.6) is 0 Å². The molecule has 1 aliphatic carbocycles. The minimum atomic E-state index is -0.540. The largest absolute Gasteiger partial charge is 0.353 e. The Morgan fingerprint density at radius 2 is 2.05 bits per heavy atom. The number of rotatable bonds is 3. The number of fused-ring (bicyclic) bond motifs is 1. The molecule has 1 fully saturated rings. The highest BCUT2D eigenvalue weighted by molar-refractivity contribution is 6.31. The van der Waals surface area contributed by atoms with Gasteiger partial charge in [-0.3, -0.25) is 0 Å². The Labute approximate surface area is 129 Å². The summed E-state index contributed by atoms with van der Waals surface area (Å²) in [4.78, 5) is 0. The zero-order chi connectivity index (χ0) is 15.0. The van der Waals surface area contributed by atoms with Crippen LogP contribution in [0.25, 0.3) is 10.9 Å². The molecule has 2 N–H and O–H groups in total. The van der Waals surface area contributed by atoms with E-state index < -0.39 is 5.79 Å². The van der Waals surface area contributed by atoms with E-state index in [1.807, 2.05) is 12.1 Å². The van der Waals surface area contributed by atoms with Crippen LogP contribution in [-0.2, 0) is 9.47 Å². The van der Waals surface area contributed by atoms with Gasteiger partial charge in [0.05, 0.1) is 0 Å². The topological polar surface area (TPSA) is 49.4 Å². The molecule has 2 atom stereocenters. The summed E-state index contributed by atoms with van der Waals surface area (Å²) in [6.45, 7) is 0. The molecular weight excluding hydrogens is 288 g/mol. The molecule has 1 saturated carbocycles. The molecule has 114 valence electrons. The van der Waals surface area contributed by atoms with Crippen molar-refractivity contribution in [3.63, 3.8) is 0 Å². The minimum absolute atomic E-state index is 0.00933. The maximum Gasteiger partial charge on any atom is 0.169 e. The summed E-state index contributed by atoms with van der Waals surface area (Å²) in [5.74, 6) is -0.540. The Balaban J connectivity index is 1.90. The van der Waals surface area contributed by atoms with Gasteiger partial charge in [0, 0.05) is 61.3 Å². The molecule has 0 aliphatic heterocycles. The summed E-state index contributed by atoms with van der Waals surface area (Å²) in [6, 6.07) is 8.29. The van der Waals surface area contributed by atoms with Crippen LogP contribution in [0.1, 0.15) is 25.3 Å². The number of benzene rings is 1.